The molecule has 0 unspecified atom stereocenters. The Morgan fingerprint density at radius 3 is 1.96 bits per heavy atom. The van der Waals surface area contributed by atoms with Crippen LogP contribution in [-0.4, -0.2) is 0 Å². The third-order valence-electron chi connectivity index (χ3n) is 4.84. The number of halogens is 2. The third-order valence-corrected chi connectivity index (χ3v) is 4.84. The largest absolute Gasteiger partial charge is 3.00 e. The van der Waals surface area contributed by atoms with Crippen molar-refractivity contribution in [2.75, 3.05) is 0 Å². The van der Waals surface area contributed by atoms with Gasteiger partial charge in [0.15, 0.2) is 0 Å². The smallest absolute Gasteiger partial charge is 1.00 e. The summed E-state index contributed by atoms with van der Waals surface area (Å²) in [6.45, 7) is 13.5. The van der Waals surface area contributed by atoms with Gasteiger partial charge in [-0.2, -0.15) is 23.3 Å². The van der Waals surface area contributed by atoms with E-state index in [0.29, 0.717) is 11.8 Å². The summed E-state index contributed by atoms with van der Waals surface area (Å²) in [6.07, 6.45) is 1.08. The fraction of sp³-hybridized carbons (Fsp3) is 0.429. The average molecular weight is 440 g/mol. The molecule has 1 radical (unpaired) electrons. The first-order valence-corrected chi connectivity index (χ1v) is 8.08. The molecule has 2 aromatic carbocycles. The topological polar surface area (TPSA) is 0 Å². The molecule has 1 aliphatic rings. The summed E-state index contributed by atoms with van der Waals surface area (Å²) >= 11 is 0. The van der Waals surface area contributed by atoms with Gasteiger partial charge in [0.25, 0.3) is 0 Å². The van der Waals surface area contributed by atoms with Gasteiger partial charge in [-0.15, -0.1) is 11.1 Å². The van der Waals surface area contributed by atoms with E-state index >= 15 is 0 Å². The summed E-state index contributed by atoms with van der Waals surface area (Å²) in [5.41, 5.74) is 11.5. The van der Waals surface area contributed by atoms with Crippen molar-refractivity contribution in [3.8, 4) is 11.1 Å². The quantitative estimate of drug-likeness (QED) is 0.491. The van der Waals surface area contributed by atoms with E-state index < -0.39 is 0 Å². The predicted molar refractivity (Wildman–Crippen MR) is 91.2 cm³/mol. The van der Waals surface area contributed by atoms with Crippen LogP contribution in [0.15, 0.2) is 18.2 Å². The summed E-state index contributed by atoms with van der Waals surface area (Å²) in [5, 5.41) is 0. The second-order valence-corrected chi connectivity index (χ2v) is 7.09. The monoisotopic (exact) mass is 437 g/mol. The SMILES string of the molecule is Cc1[c-]c(C(C)C)cc2c1Cc1c(C)cc(C(C)C)cc1-2.[Cl-].[Cl-].[Zr+3]. The fourth-order valence-corrected chi connectivity index (χ4v) is 3.38. The molecule has 0 atom stereocenters. The molecule has 3 heteroatoms. The van der Waals surface area contributed by atoms with Gasteiger partial charge in [0, 0.05) is 0 Å². The summed E-state index contributed by atoms with van der Waals surface area (Å²) in [5.74, 6) is 1.12. The van der Waals surface area contributed by atoms with Crippen LogP contribution in [0.2, 0.25) is 0 Å². The first-order valence-electron chi connectivity index (χ1n) is 8.08. The van der Waals surface area contributed by atoms with Gasteiger partial charge in [-0.1, -0.05) is 46.8 Å². The molecule has 0 bridgehead atoms. The molecule has 0 amide bonds. The van der Waals surface area contributed by atoms with Crippen LogP contribution in [0.3, 0.4) is 0 Å². The molecule has 1 aliphatic carbocycles. The second kappa shape index (κ2) is 9.02. The van der Waals surface area contributed by atoms with Gasteiger partial charge >= 0.3 is 26.2 Å². The van der Waals surface area contributed by atoms with Crippen molar-refractivity contribution in [3.63, 3.8) is 0 Å². The Morgan fingerprint density at radius 1 is 0.833 bits per heavy atom. The van der Waals surface area contributed by atoms with Gasteiger partial charge in [-0.25, -0.2) is 0 Å². The van der Waals surface area contributed by atoms with Crippen LogP contribution in [-0.2, 0) is 32.6 Å². The van der Waals surface area contributed by atoms with Crippen molar-refractivity contribution >= 4 is 0 Å². The third kappa shape index (κ3) is 4.17. The number of hydrogen-bond donors (Lipinski definition) is 0. The zero-order valence-electron chi connectivity index (χ0n) is 15.3. The number of rotatable bonds is 2. The second-order valence-electron chi connectivity index (χ2n) is 7.09. The van der Waals surface area contributed by atoms with E-state index in [-0.39, 0.29) is 51.0 Å². The van der Waals surface area contributed by atoms with Gasteiger partial charge in [0.2, 0.25) is 0 Å². The maximum absolute atomic E-state index is 3.60. The molecule has 0 saturated carbocycles. The zero-order chi connectivity index (χ0) is 15.3. The Balaban J connectivity index is 0.00000176. The van der Waals surface area contributed by atoms with E-state index in [1.54, 1.807) is 0 Å². The summed E-state index contributed by atoms with van der Waals surface area (Å²) in [6, 6.07) is 10.8. The van der Waals surface area contributed by atoms with Crippen molar-refractivity contribution in [2.24, 2.45) is 0 Å². The molecule has 0 heterocycles. The normalized spacial score (nSPS) is 11.3. The minimum atomic E-state index is 0. The minimum absolute atomic E-state index is 0. The van der Waals surface area contributed by atoms with E-state index in [1.165, 1.54) is 44.5 Å². The molecule has 127 valence electrons. The molecule has 3 rings (SSSR count). The maximum atomic E-state index is 3.60. The summed E-state index contributed by atoms with van der Waals surface area (Å²) in [7, 11) is 0. The summed E-state index contributed by atoms with van der Waals surface area (Å²) < 4.78 is 0. The molecule has 0 nitrogen and oxygen atoms in total. The molecule has 0 aromatic heterocycles. The van der Waals surface area contributed by atoms with Crippen LogP contribution < -0.4 is 24.8 Å². The van der Waals surface area contributed by atoms with E-state index in [2.05, 4.69) is 65.8 Å². The molecular weight excluding hydrogens is 414 g/mol. The number of benzene rings is 2. The van der Waals surface area contributed by atoms with Crippen molar-refractivity contribution in [1.29, 1.82) is 0 Å². The van der Waals surface area contributed by atoms with E-state index in [4.69, 9.17) is 0 Å². The van der Waals surface area contributed by atoms with Gasteiger partial charge in [0.1, 0.15) is 0 Å². The van der Waals surface area contributed by atoms with Crippen molar-refractivity contribution in [1.82, 2.24) is 0 Å². The molecule has 0 aliphatic heterocycles. The Bertz CT molecular complexity index is 657. The van der Waals surface area contributed by atoms with Crippen LogP contribution >= 0.6 is 0 Å². The number of hydrogen-bond acceptors (Lipinski definition) is 0. The van der Waals surface area contributed by atoms with Crippen LogP contribution in [0.1, 0.15) is 72.9 Å². The van der Waals surface area contributed by atoms with Crippen LogP contribution in [0, 0.1) is 19.9 Å². The molecule has 0 spiro atoms. The Morgan fingerprint density at radius 2 is 1.42 bits per heavy atom. The number of aryl methyl sites for hydroxylation is 2. The van der Waals surface area contributed by atoms with E-state index in [1.807, 2.05) is 0 Å². The molecule has 24 heavy (non-hydrogen) atoms. The van der Waals surface area contributed by atoms with Crippen molar-refractivity contribution in [3.05, 3.63) is 57.6 Å². The van der Waals surface area contributed by atoms with E-state index in [9.17, 15) is 0 Å². The Kier molecular flexibility index (Phi) is 8.98. The fourth-order valence-electron chi connectivity index (χ4n) is 3.38. The molecular formula is C21H25Cl2Zr. The molecule has 0 saturated heterocycles. The minimum Gasteiger partial charge on any atom is -1.00 e. The average Bonchev–Trinajstić information content (AvgIpc) is 2.78. The van der Waals surface area contributed by atoms with Crippen molar-refractivity contribution in [2.45, 2.75) is 59.8 Å². The first kappa shape index (κ1) is 23.9. The molecule has 2 aromatic rings. The molecule has 0 fully saturated rings. The van der Waals surface area contributed by atoms with Crippen LogP contribution in [0.5, 0.6) is 0 Å². The van der Waals surface area contributed by atoms with Crippen LogP contribution in [0.25, 0.3) is 11.1 Å². The standard InChI is InChI=1S/C21H25.2ClH.Zr/c1-12(2)16-7-14(5)18-11-19-15(6)8-17(13(3)4)10-21(19)20(18)9-16;;;/h7,9-10,12-13H,11H2,1-6H3;2*1H;/q-1;;;+3/p-2. The first-order chi connectivity index (χ1) is 9.88. The van der Waals surface area contributed by atoms with Gasteiger partial charge in [-0.3, -0.25) is 0 Å². The summed E-state index contributed by atoms with van der Waals surface area (Å²) in [4.78, 5) is 0. The zero-order valence-corrected chi connectivity index (χ0v) is 19.3. The Labute approximate surface area is 178 Å². The Hall–Kier alpha value is -0.0969. The van der Waals surface area contributed by atoms with Gasteiger partial charge in [0.05, 0.1) is 0 Å². The number of fused-ring (bicyclic) bond motifs is 3. The van der Waals surface area contributed by atoms with E-state index in [0.717, 1.165) is 6.42 Å². The van der Waals surface area contributed by atoms with Crippen molar-refractivity contribution < 1.29 is 51.0 Å². The predicted octanol–water partition coefficient (Wildman–Crippen LogP) is -0.0729. The molecule has 0 N–H and O–H groups in total. The van der Waals surface area contributed by atoms with Crippen LogP contribution in [0.4, 0.5) is 0 Å². The van der Waals surface area contributed by atoms with Gasteiger partial charge in [-0.05, 0) is 47.4 Å². The van der Waals surface area contributed by atoms with Gasteiger partial charge < -0.3 is 24.8 Å². The maximum Gasteiger partial charge on any atom is 3.00 e.